The average molecular weight is 721 g/mol. The van der Waals surface area contributed by atoms with E-state index in [1.165, 1.54) is 92.9 Å². The summed E-state index contributed by atoms with van der Waals surface area (Å²) in [5.41, 5.74) is 7.77. The molecule has 0 radical (unpaired) electrons. The maximum absolute atomic E-state index is 2.43. The van der Waals surface area contributed by atoms with Crippen molar-refractivity contribution in [3.8, 4) is 62.6 Å². The lowest BCUT2D eigenvalue weighted by Gasteiger charge is -2.12. The Labute approximate surface area is 302 Å². The van der Waals surface area contributed by atoms with Crippen LogP contribution in [-0.2, 0) is 0 Å². The lowest BCUT2D eigenvalue weighted by Crippen LogP contribution is -1.85. The van der Waals surface area contributed by atoms with E-state index in [2.05, 4.69) is 144 Å². The van der Waals surface area contributed by atoms with Crippen LogP contribution < -0.4 is 0 Å². The highest BCUT2D eigenvalue weighted by atomic mass is 32.1. The molecule has 48 heavy (non-hydrogen) atoms. The Morgan fingerprint density at radius 2 is 0.625 bits per heavy atom. The molecular weight excluding hydrogens is 697 g/mol. The van der Waals surface area contributed by atoms with E-state index in [4.69, 9.17) is 0 Å². The first kappa shape index (κ1) is 28.8. The molecule has 0 saturated heterocycles. The van der Waals surface area contributed by atoms with E-state index < -0.39 is 0 Å². The first-order valence-corrected chi connectivity index (χ1v) is 20.7. The van der Waals surface area contributed by atoms with Crippen LogP contribution in [0.5, 0.6) is 0 Å². The van der Waals surface area contributed by atoms with Crippen LogP contribution in [0.4, 0.5) is 0 Å². The summed E-state index contributed by atoms with van der Waals surface area (Å²) in [6, 6.07) is 47.4. The second-order valence-corrected chi connectivity index (χ2v) is 17.7. The van der Waals surface area contributed by atoms with Gasteiger partial charge in [0, 0.05) is 60.1 Å². The van der Waals surface area contributed by atoms with Gasteiger partial charge in [-0.05, 0) is 122 Å². The molecule has 0 atom stereocenters. The Morgan fingerprint density at radius 1 is 0.312 bits per heavy atom. The average Bonchev–Trinajstić information content (AvgIpc) is 3.97. The van der Waals surface area contributed by atoms with Crippen LogP contribution >= 0.6 is 68.0 Å². The number of thiophene rings is 6. The van der Waals surface area contributed by atoms with Crippen LogP contribution in [0, 0.1) is 0 Å². The summed E-state index contributed by atoms with van der Waals surface area (Å²) in [7, 11) is 0. The number of benzene rings is 4. The van der Waals surface area contributed by atoms with Crippen LogP contribution in [0.2, 0.25) is 0 Å². The lowest BCUT2D eigenvalue weighted by molar-refractivity contribution is 1.67. The first-order valence-electron chi connectivity index (χ1n) is 15.6. The van der Waals surface area contributed by atoms with Crippen LogP contribution in [0.1, 0.15) is 0 Å². The van der Waals surface area contributed by atoms with Crippen molar-refractivity contribution in [1.29, 1.82) is 0 Å². The van der Waals surface area contributed by atoms with Gasteiger partial charge in [0.25, 0.3) is 0 Å². The molecule has 0 unspecified atom stereocenters. The van der Waals surface area contributed by atoms with E-state index in [9.17, 15) is 0 Å². The summed E-state index contributed by atoms with van der Waals surface area (Å²) in [5.74, 6) is 0. The van der Waals surface area contributed by atoms with Crippen molar-refractivity contribution in [1.82, 2.24) is 0 Å². The monoisotopic (exact) mass is 720 g/mol. The molecule has 0 aliphatic carbocycles. The van der Waals surface area contributed by atoms with Gasteiger partial charge in [-0.15, -0.1) is 68.0 Å². The largest absolute Gasteiger partial charge is 0.143 e. The van der Waals surface area contributed by atoms with E-state index in [-0.39, 0.29) is 0 Å². The van der Waals surface area contributed by atoms with Crippen LogP contribution in [0.3, 0.4) is 0 Å². The molecule has 0 nitrogen and oxygen atoms in total. The van der Waals surface area contributed by atoms with Gasteiger partial charge in [-0.1, -0.05) is 54.6 Å². The van der Waals surface area contributed by atoms with Gasteiger partial charge in [0.1, 0.15) is 0 Å². The summed E-state index contributed by atoms with van der Waals surface area (Å²) in [6.07, 6.45) is 0. The molecule has 6 heterocycles. The molecule has 0 spiro atoms. The van der Waals surface area contributed by atoms with Gasteiger partial charge in [0.05, 0.1) is 0 Å². The maximum atomic E-state index is 2.43. The zero-order valence-corrected chi connectivity index (χ0v) is 30.2. The number of hydrogen-bond acceptors (Lipinski definition) is 6. The molecule has 10 aromatic rings. The molecule has 0 fully saturated rings. The van der Waals surface area contributed by atoms with Crippen molar-refractivity contribution in [2.24, 2.45) is 0 Å². The van der Waals surface area contributed by atoms with Gasteiger partial charge in [-0.3, -0.25) is 0 Å². The molecule has 0 aliphatic rings. The predicted molar refractivity (Wildman–Crippen MR) is 219 cm³/mol. The van der Waals surface area contributed by atoms with E-state index >= 15 is 0 Å². The Hall–Kier alpha value is -4.14. The van der Waals surface area contributed by atoms with Crippen molar-refractivity contribution in [3.05, 3.63) is 144 Å². The zero-order valence-electron chi connectivity index (χ0n) is 25.3. The molecule has 10 rings (SSSR count). The van der Waals surface area contributed by atoms with Gasteiger partial charge in [0.15, 0.2) is 0 Å². The summed E-state index contributed by atoms with van der Waals surface area (Å²) in [4.78, 5) is 7.94. The fraction of sp³-hybridized carbons (Fsp3) is 0. The number of fused-ring (bicyclic) bond motifs is 3. The highest BCUT2D eigenvalue weighted by Crippen LogP contribution is 2.49. The SMILES string of the molecule is c1ccc2sc(-c3ccsc3-c3cc(-c4sccc4-c4cc5ccccc5s4)cc(-c4sccc4-c4cc5ccccc5s4)c3)cc2c1. The molecular formula is C42H24S6. The van der Waals surface area contributed by atoms with Gasteiger partial charge >= 0.3 is 0 Å². The Kier molecular flexibility index (Phi) is 7.07. The molecule has 4 aromatic carbocycles. The fourth-order valence-electron chi connectivity index (χ4n) is 6.55. The summed E-state index contributed by atoms with van der Waals surface area (Å²) >= 11 is 11.2. The zero-order chi connectivity index (χ0) is 31.6. The quantitative estimate of drug-likeness (QED) is 0.160. The smallest absolute Gasteiger partial charge is 0.0429 e. The topological polar surface area (TPSA) is 0 Å². The molecule has 228 valence electrons. The molecule has 6 heteroatoms. The molecule has 0 bridgehead atoms. The minimum atomic E-state index is 1.27. The highest BCUT2D eigenvalue weighted by Gasteiger charge is 2.20. The third-order valence-corrected chi connectivity index (χ3v) is 15.1. The van der Waals surface area contributed by atoms with Crippen LogP contribution in [0.15, 0.2) is 144 Å². The van der Waals surface area contributed by atoms with Gasteiger partial charge in [0.2, 0.25) is 0 Å². The standard InChI is InChI=1S/C42H24S6/c1-4-10-34-25(7-1)22-37(46-34)31-13-16-43-40(31)28-19-29(41-32(14-17-44-41)38-23-26-8-2-5-11-35(26)47-38)21-30(20-28)42-33(15-18-45-42)39-24-27-9-3-6-12-36(27)48-39/h1-24H. The third kappa shape index (κ3) is 4.95. The van der Waals surface area contributed by atoms with Crippen molar-refractivity contribution in [2.45, 2.75) is 0 Å². The molecule has 0 amide bonds. The van der Waals surface area contributed by atoms with Crippen LogP contribution in [0.25, 0.3) is 92.9 Å². The van der Waals surface area contributed by atoms with Crippen molar-refractivity contribution in [2.75, 3.05) is 0 Å². The Bertz CT molecular complexity index is 2340. The Balaban J connectivity index is 1.17. The summed E-state index contributed by atoms with van der Waals surface area (Å²) in [5, 5.41) is 10.7. The molecule has 6 aromatic heterocycles. The van der Waals surface area contributed by atoms with Gasteiger partial charge in [-0.25, -0.2) is 0 Å². The second kappa shape index (κ2) is 11.8. The van der Waals surface area contributed by atoms with E-state index in [1.54, 1.807) is 0 Å². The first-order chi connectivity index (χ1) is 23.7. The summed E-state index contributed by atoms with van der Waals surface area (Å²) in [6.45, 7) is 0. The van der Waals surface area contributed by atoms with E-state index in [1.807, 2.05) is 68.0 Å². The highest BCUT2D eigenvalue weighted by molar-refractivity contribution is 7.24. The number of rotatable bonds is 6. The van der Waals surface area contributed by atoms with Crippen LogP contribution in [-0.4, -0.2) is 0 Å². The normalized spacial score (nSPS) is 11.8. The van der Waals surface area contributed by atoms with Gasteiger partial charge in [-0.2, -0.15) is 0 Å². The molecule has 0 saturated carbocycles. The minimum Gasteiger partial charge on any atom is -0.143 e. The Morgan fingerprint density at radius 3 is 0.938 bits per heavy atom. The maximum Gasteiger partial charge on any atom is 0.0429 e. The minimum absolute atomic E-state index is 1.27. The second-order valence-electron chi connectivity index (χ2n) is 11.7. The predicted octanol–water partition coefficient (Wildman–Crippen LogP) is 15.5. The summed E-state index contributed by atoms with van der Waals surface area (Å²) < 4.78 is 3.99. The van der Waals surface area contributed by atoms with E-state index in [0.29, 0.717) is 0 Å². The number of hydrogen-bond donors (Lipinski definition) is 0. The molecule has 0 N–H and O–H groups in total. The molecule has 0 aliphatic heterocycles. The van der Waals surface area contributed by atoms with E-state index in [0.717, 1.165) is 0 Å². The fourth-order valence-corrected chi connectivity index (χ4v) is 12.7. The third-order valence-electron chi connectivity index (χ3n) is 8.79. The van der Waals surface area contributed by atoms with Crippen molar-refractivity contribution >= 4 is 98.3 Å². The lowest BCUT2D eigenvalue weighted by atomic mass is 9.97. The van der Waals surface area contributed by atoms with Crippen molar-refractivity contribution in [3.63, 3.8) is 0 Å². The van der Waals surface area contributed by atoms with Gasteiger partial charge < -0.3 is 0 Å². The van der Waals surface area contributed by atoms with Crippen molar-refractivity contribution < 1.29 is 0 Å².